The lowest BCUT2D eigenvalue weighted by Crippen LogP contribution is -2.73. The summed E-state index contributed by atoms with van der Waals surface area (Å²) in [7, 11) is 0. The molecule has 39 heavy (non-hydrogen) atoms. The highest BCUT2D eigenvalue weighted by Gasteiger charge is 2.54. The standard InChI is InChI=1S/C26H26F6N6O/c1-13-17(6-5-7-19(13)25(27,28)29)14(2)33-22-18-8-20(38-11-24(12-38)9-37(10-24)16(4)39)21(26(30,31)32)36-23(18)35-15(3)34-22/h5-8,14H,9-12H2,1-4H3,(H,33,34,35,36). The fraction of sp³-hybridized carbons (Fsp3) is 0.462. The Kier molecular flexibility index (Phi) is 6.18. The van der Waals surface area contributed by atoms with Gasteiger partial charge in [-0.15, -0.1) is 0 Å². The number of hydrogen-bond acceptors (Lipinski definition) is 6. The van der Waals surface area contributed by atoms with Crippen molar-refractivity contribution >= 4 is 28.4 Å². The molecular formula is C26H26F6N6O. The number of rotatable bonds is 4. The number of aromatic nitrogens is 3. The molecule has 2 fully saturated rings. The van der Waals surface area contributed by atoms with Gasteiger partial charge in [0.05, 0.1) is 22.7 Å². The summed E-state index contributed by atoms with van der Waals surface area (Å²) in [4.78, 5) is 27.1. The van der Waals surface area contributed by atoms with Crippen molar-refractivity contribution in [3.05, 3.63) is 52.5 Å². The van der Waals surface area contributed by atoms with Crippen LogP contribution in [0.15, 0.2) is 24.3 Å². The predicted octanol–water partition coefficient (Wildman–Crippen LogP) is 5.52. The fourth-order valence-corrected chi connectivity index (χ4v) is 5.54. The number of fused-ring (bicyclic) bond motifs is 1. The Bertz CT molecular complexity index is 1460. The highest BCUT2D eigenvalue weighted by atomic mass is 19.4. The van der Waals surface area contributed by atoms with Gasteiger partial charge in [-0.3, -0.25) is 4.79 Å². The molecule has 1 N–H and O–H groups in total. The zero-order chi connectivity index (χ0) is 28.5. The number of hydrogen-bond donors (Lipinski definition) is 1. The van der Waals surface area contributed by atoms with Crippen molar-refractivity contribution in [1.29, 1.82) is 0 Å². The van der Waals surface area contributed by atoms with Gasteiger partial charge in [-0.1, -0.05) is 12.1 Å². The SMILES string of the molecule is CC(=O)N1CC2(C1)CN(c1cc3c(NC(C)c4cccc(C(F)(F)F)c4C)nc(C)nc3nc1C(F)(F)F)C2. The van der Waals surface area contributed by atoms with E-state index in [-0.39, 0.29) is 45.2 Å². The van der Waals surface area contributed by atoms with Gasteiger partial charge in [0.25, 0.3) is 0 Å². The Balaban J connectivity index is 1.51. The van der Waals surface area contributed by atoms with Crippen LogP contribution >= 0.6 is 0 Å². The van der Waals surface area contributed by atoms with Crippen LogP contribution in [0.4, 0.5) is 37.8 Å². The summed E-state index contributed by atoms with van der Waals surface area (Å²) in [6, 6.07) is 4.56. The lowest BCUT2D eigenvalue weighted by atomic mass is 9.72. The first-order valence-corrected chi connectivity index (χ1v) is 12.3. The maximum Gasteiger partial charge on any atom is 0.435 e. The van der Waals surface area contributed by atoms with Gasteiger partial charge in [0.1, 0.15) is 11.6 Å². The van der Waals surface area contributed by atoms with E-state index in [1.807, 2.05) is 0 Å². The zero-order valence-electron chi connectivity index (χ0n) is 21.6. The van der Waals surface area contributed by atoms with Crippen LogP contribution in [0.1, 0.15) is 48.1 Å². The quantitative estimate of drug-likeness (QED) is 0.430. The first-order chi connectivity index (χ1) is 18.1. The Morgan fingerprint density at radius 3 is 2.26 bits per heavy atom. The zero-order valence-corrected chi connectivity index (χ0v) is 21.6. The third-order valence-corrected chi connectivity index (χ3v) is 7.44. The van der Waals surface area contributed by atoms with Gasteiger partial charge in [0, 0.05) is 38.5 Å². The second-order valence-corrected chi connectivity index (χ2v) is 10.5. The fourth-order valence-electron chi connectivity index (χ4n) is 5.54. The molecule has 208 valence electrons. The normalized spacial score (nSPS) is 17.7. The van der Waals surface area contributed by atoms with Crippen LogP contribution in [-0.2, 0) is 17.1 Å². The minimum Gasteiger partial charge on any atom is -0.368 e. The summed E-state index contributed by atoms with van der Waals surface area (Å²) in [5.74, 6) is 0.259. The molecule has 2 aromatic heterocycles. The van der Waals surface area contributed by atoms with Gasteiger partial charge >= 0.3 is 12.4 Å². The average molecular weight is 553 g/mol. The molecule has 2 aliphatic rings. The molecule has 2 saturated heterocycles. The molecule has 5 rings (SSSR count). The van der Waals surface area contributed by atoms with Gasteiger partial charge in [-0.05, 0) is 44.0 Å². The van der Waals surface area contributed by atoms with Crippen LogP contribution in [0.2, 0.25) is 0 Å². The minimum atomic E-state index is -4.74. The number of anilines is 2. The number of nitrogens with zero attached hydrogens (tertiary/aromatic N) is 5. The smallest absolute Gasteiger partial charge is 0.368 e. The second kappa shape index (κ2) is 8.95. The summed E-state index contributed by atoms with van der Waals surface area (Å²) in [6.07, 6.45) is -9.27. The maximum atomic E-state index is 14.1. The van der Waals surface area contributed by atoms with Gasteiger partial charge in [0.2, 0.25) is 5.91 Å². The molecule has 1 atom stereocenters. The molecule has 4 heterocycles. The Morgan fingerprint density at radius 1 is 1.00 bits per heavy atom. The molecule has 0 bridgehead atoms. The number of halogens is 6. The highest BCUT2D eigenvalue weighted by molar-refractivity contribution is 5.90. The maximum absolute atomic E-state index is 14.1. The molecule has 1 amide bonds. The van der Waals surface area contributed by atoms with E-state index < -0.39 is 29.7 Å². The minimum absolute atomic E-state index is 0.0456. The highest BCUT2D eigenvalue weighted by Crippen LogP contribution is 2.46. The third-order valence-electron chi connectivity index (χ3n) is 7.44. The Labute approximate surface area is 220 Å². The van der Waals surface area contributed by atoms with Gasteiger partial charge in [0.15, 0.2) is 11.3 Å². The van der Waals surface area contributed by atoms with Crippen LogP contribution in [0.3, 0.4) is 0 Å². The van der Waals surface area contributed by atoms with E-state index in [4.69, 9.17) is 0 Å². The molecule has 0 saturated carbocycles. The van der Waals surface area contributed by atoms with Crippen molar-refractivity contribution in [2.45, 2.75) is 46.1 Å². The number of benzene rings is 1. The van der Waals surface area contributed by atoms with Crippen LogP contribution < -0.4 is 10.2 Å². The van der Waals surface area contributed by atoms with Crippen molar-refractivity contribution in [1.82, 2.24) is 19.9 Å². The molecule has 0 aliphatic carbocycles. The van der Waals surface area contributed by atoms with Crippen LogP contribution in [0.25, 0.3) is 11.0 Å². The number of pyridine rings is 1. The Morgan fingerprint density at radius 2 is 1.67 bits per heavy atom. The number of amides is 1. The summed E-state index contributed by atoms with van der Waals surface area (Å²) in [6.45, 7) is 7.64. The monoisotopic (exact) mass is 552 g/mol. The molecule has 3 aromatic rings. The third kappa shape index (κ3) is 4.82. The molecular weight excluding hydrogens is 526 g/mol. The first kappa shape index (κ1) is 26.9. The molecule has 7 nitrogen and oxygen atoms in total. The number of likely N-dealkylation sites (tertiary alicyclic amines) is 1. The molecule has 2 aliphatic heterocycles. The van der Waals surface area contributed by atoms with Gasteiger partial charge in [-0.2, -0.15) is 26.3 Å². The Hall–Kier alpha value is -3.64. The van der Waals surface area contributed by atoms with Gasteiger partial charge in [-0.25, -0.2) is 15.0 Å². The number of carbonyl (C=O) groups excluding carboxylic acids is 1. The molecule has 1 spiro atoms. The van der Waals surface area contributed by atoms with Crippen LogP contribution in [0.5, 0.6) is 0 Å². The van der Waals surface area contributed by atoms with E-state index >= 15 is 0 Å². The van der Waals surface area contributed by atoms with Crippen LogP contribution in [0, 0.1) is 19.3 Å². The van der Waals surface area contributed by atoms with Crippen LogP contribution in [-0.4, -0.2) is 51.9 Å². The summed E-state index contributed by atoms with van der Waals surface area (Å²) < 4.78 is 82.6. The van der Waals surface area contributed by atoms with E-state index in [9.17, 15) is 31.1 Å². The van der Waals surface area contributed by atoms with E-state index in [2.05, 4.69) is 20.3 Å². The first-order valence-electron chi connectivity index (χ1n) is 12.3. The van der Waals surface area contributed by atoms with Crippen molar-refractivity contribution in [2.75, 3.05) is 36.4 Å². The second-order valence-electron chi connectivity index (χ2n) is 10.5. The molecule has 13 heteroatoms. The van der Waals surface area contributed by atoms with Crippen molar-refractivity contribution in [3.63, 3.8) is 0 Å². The van der Waals surface area contributed by atoms with E-state index in [0.717, 1.165) is 6.07 Å². The predicted molar refractivity (Wildman–Crippen MR) is 132 cm³/mol. The number of carbonyl (C=O) groups is 1. The van der Waals surface area contributed by atoms with Crippen molar-refractivity contribution < 1.29 is 31.1 Å². The number of aryl methyl sites for hydroxylation is 1. The number of alkyl halides is 6. The largest absolute Gasteiger partial charge is 0.435 e. The average Bonchev–Trinajstić information content (AvgIpc) is 2.75. The molecule has 1 unspecified atom stereocenters. The van der Waals surface area contributed by atoms with E-state index in [0.29, 0.717) is 31.7 Å². The molecule has 1 aromatic carbocycles. The lowest BCUT2D eigenvalue weighted by molar-refractivity contribution is -0.143. The summed E-state index contributed by atoms with van der Waals surface area (Å²) in [5.41, 5.74) is -1.95. The van der Waals surface area contributed by atoms with E-state index in [1.165, 1.54) is 32.9 Å². The van der Waals surface area contributed by atoms with E-state index in [1.54, 1.807) is 22.8 Å². The summed E-state index contributed by atoms with van der Waals surface area (Å²) >= 11 is 0. The molecule has 0 radical (unpaired) electrons. The van der Waals surface area contributed by atoms with Crippen molar-refractivity contribution in [2.24, 2.45) is 5.41 Å². The van der Waals surface area contributed by atoms with Crippen molar-refractivity contribution in [3.8, 4) is 0 Å². The topological polar surface area (TPSA) is 74.2 Å². The van der Waals surface area contributed by atoms with Gasteiger partial charge < -0.3 is 15.1 Å². The lowest BCUT2D eigenvalue weighted by Gasteiger charge is -2.60. The number of nitrogens with one attached hydrogen (secondary N) is 1. The summed E-state index contributed by atoms with van der Waals surface area (Å²) in [5, 5.41) is 3.30.